The molecule has 2 aromatic carbocycles. The standard InChI is InChI=1S/C26H23F2N5S/c1-3-8-32-15-20(13-29-32)17-4-7-26-24(14-30-33(26)16-17)19-9-18(10-22(11-19)31-34-2)23-6-5-21(27)12-25(23)28/h4-7,9-16,31H,3,8H2,1-2H3. The van der Waals surface area contributed by atoms with Crippen molar-refractivity contribution in [2.24, 2.45) is 0 Å². The lowest BCUT2D eigenvalue weighted by atomic mass is 9.98. The smallest absolute Gasteiger partial charge is 0.133 e. The molecule has 0 radical (unpaired) electrons. The highest BCUT2D eigenvalue weighted by Gasteiger charge is 2.14. The largest absolute Gasteiger partial charge is 0.330 e. The van der Waals surface area contributed by atoms with Crippen molar-refractivity contribution in [1.82, 2.24) is 19.4 Å². The van der Waals surface area contributed by atoms with Gasteiger partial charge in [-0.1, -0.05) is 24.9 Å². The number of benzene rings is 2. The molecule has 0 atom stereocenters. The highest BCUT2D eigenvalue weighted by atomic mass is 32.2. The Balaban J connectivity index is 1.57. The first-order chi connectivity index (χ1) is 16.6. The maximum absolute atomic E-state index is 14.5. The molecule has 0 aliphatic heterocycles. The third-order valence-electron chi connectivity index (χ3n) is 5.64. The van der Waals surface area contributed by atoms with Crippen LogP contribution >= 0.6 is 11.9 Å². The van der Waals surface area contributed by atoms with Crippen LogP contribution in [-0.4, -0.2) is 25.7 Å². The van der Waals surface area contributed by atoms with Crippen LogP contribution < -0.4 is 4.72 Å². The molecule has 0 bridgehead atoms. The summed E-state index contributed by atoms with van der Waals surface area (Å²) in [6.07, 6.45) is 10.6. The summed E-state index contributed by atoms with van der Waals surface area (Å²) in [5.74, 6) is -1.20. The van der Waals surface area contributed by atoms with E-state index in [1.54, 1.807) is 0 Å². The Bertz CT molecular complexity index is 1470. The molecule has 3 heterocycles. The molecule has 8 heteroatoms. The molecule has 3 aromatic heterocycles. The van der Waals surface area contributed by atoms with Gasteiger partial charge in [0.2, 0.25) is 0 Å². The number of aryl methyl sites for hydroxylation is 1. The number of anilines is 1. The molecule has 0 aliphatic carbocycles. The molecular weight excluding hydrogens is 452 g/mol. The Kier molecular flexibility index (Phi) is 6.06. The quantitative estimate of drug-likeness (QED) is 0.260. The summed E-state index contributed by atoms with van der Waals surface area (Å²) in [6.45, 7) is 3.00. The first-order valence-corrected chi connectivity index (χ1v) is 12.2. The number of aromatic nitrogens is 4. The Morgan fingerprint density at radius 3 is 2.44 bits per heavy atom. The first-order valence-electron chi connectivity index (χ1n) is 11.0. The minimum Gasteiger partial charge on any atom is -0.330 e. The molecule has 0 amide bonds. The number of nitrogens with one attached hydrogen (secondary N) is 1. The number of hydrogen-bond donors (Lipinski definition) is 1. The maximum Gasteiger partial charge on any atom is 0.133 e. The van der Waals surface area contributed by atoms with Gasteiger partial charge < -0.3 is 4.72 Å². The molecule has 0 saturated carbocycles. The van der Waals surface area contributed by atoms with Crippen molar-refractivity contribution in [3.8, 4) is 33.4 Å². The van der Waals surface area contributed by atoms with E-state index in [1.807, 2.05) is 64.5 Å². The van der Waals surface area contributed by atoms with Crippen LogP contribution in [0.5, 0.6) is 0 Å². The normalized spacial score (nSPS) is 11.3. The van der Waals surface area contributed by atoms with Crippen LogP contribution in [0, 0.1) is 11.6 Å². The second-order valence-corrected chi connectivity index (χ2v) is 8.64. The van der Waals surface area contributed by atoms with Gasteiger partial charge in [0.1, 0.15) is 11.6 Å². The molecular formula is C26H23F2N5S. The van der Waals surface area contributed by atoms with Gasteiger partial charge in [-0.2, -0.15) is 10.2 Å². The number of nitrogens with zero attached hydrogens (tertiary/aromatic N) is 4. The average molecular weight is 476 g/mol. The molecule has 34 heavy (non-hydrogen) atoms. The summed E-state index contributed by atoms with van der Waals surface area (Å²) in [5.41, 5.74) is 6.61. The molecule has 0 saturated heterocycles. The van der Waals surface area contributed by atoms with Crippen molar-refractivity contribution in [2.75, 3.05) is 11.0 Å². The maximum atomic E-state index is 14.5. The van der Waals surface area contributed by atoms with E-state index in [1.165, 1.54) is 24.1 Å². The lowest BCUT2D eigenvalue weighted by Gasteiger charge is -2.11. The second-order valence-electron chi connectivity index (χ2n) is 8.03. The van der Waals surface area contributed by atoms with Crippen LogP contribution in [0.25, 0.3) is 38.9 Å². The zero-order valence-corrected chi connectivity index (χ0v) is 19.6. The van der Waals surface area contributed by atoms with Crippen LogP contribution in [-0.2, 0) is 6.54 Å². The molecule has 172 valence electrons. The number of pyridine rings is 1. The van der Waals surface area contributed by atoms with Gasteiger partial charge in [0.15, 0.2) is 0 Å². The lowest BCUT2D eigenvalue weighted by Crippen LogP contribution is -1.95. The van der Waals surface area contributed by atoms with Gasteiger partial charge in [-0.25, -0.2) is 13.3 Å². The number of fused-ring (bicyclic) bond motifs is 1. The Morgan fingerprint density at radius 2 is 1.68 bits per heavy atom. The summed E-state index contributed by atoms with van der Waals surface area (Å²) in [4.78, 5) is 0. The third kappa shape index (κ3) is 4.28. The lowest BCUT2D eigenvalue weighted by molar-refractivity contribution is 0.585. The summed E-state index contributed by atoms with van der Waals surface area (Å²) < 4.78 is 35.0. The number of hydrogen-bond acceptors (Lipinski definition) is 4. The number of rotatable bonds is 7. The monoisotopic (exact) mass is 475 g/mol. The molecule has 1 N–H and O–H groups in total. The van der Waals surface area contributed by atoms with Crippen molar-refractivity contribution in [2.45, 2.75) is 19.9 Å². The van der Waals surface area contributed by atoms with Crippen LogP contribution in [0.2, 0.25) is 0 Å². The number of halogens is 2. The predicted molar refractivity (Wildman–Crippen MR) is 135 cm³/mol. The van der Waals surface area contributed by atoms with Crippen LogP contribution in [0.3, 0.4) is 0 Å². The van der Waals surface area contributed by atoms with E-state index < -0.39 is 11.6 Å². The molecule has 5 aromatic rings. The fourth-order valence-electron chi connectivity index (χ4n) is 4.08. The van der Waals surface area contributed by atoms with Crippen LogP contribution in [0.15, 0.2) is 73.3 Å². The van der Waals surface area contributed by atoms with Gasteiger partial charge in [-0.3, -0.25) is 4.68 Å². The van der Waals surface area contributed by atoms with E-state index >= 15 is 0 Å². The van der Waals surface area contributed by atoms with Gasteiger partial charge in [0, 0.05) is 59.2 Å². The topological polar surface area (TPSA) is 47.2 Å². The van der Waals surface area contributed by atoms with Crippen molar-refractivity contribution in [1.29, 1.82) is 0 Å². The van der Waals surface area contributed by atoms with E-state index in [-0.39, 0.29) is 0 Å². The highest BCUT2D eigenvalue weighted by Crippen LogP contribution is 2.35. The fraction of sp³-hybridized carbons (Fsp3) is 0.154. The summed E-state index contributed by atoms with van der Waals surface area (Å²) in [6, 6.07) is 13.5. The summed E-state index contributed by atoms with van der Waals surface area (Å²) in [7, 11) is 0. The van der Waals surface area contributed by atoms with Crippen molar-refractivity contribution in [3.63, 3.8) is 0 Å². The van der Waals surface area contributed by atoms with Gasteiger partial charge in [-0.15, -0.1) is 0 Å². The SMILES string of the molecule is CCCn1cc(-c2ccc3c(-c4cc(NSC)cc(-c5ccc(F)cc5F)c4)cnn3c2)cn1. The van der Waals surface area contributed by atoms with Crippen molar-refractivity contribution >= 4 is 23.2 Å². The second kappa shape index (κ2) is 9.30. The van der Waals surface area contributed by atoms with Gasteiger partial charge in [0.05, 0.1) is 17.9 Å². The van der Waals surface area contributed by atoms with Gasteiger partial charge in [-0.05, 0) is 53.9 Å². The van der Waals surface area contributed by atoms with E-state index in [4.69, 9.17) is 0 Å². The molecule has 5 rings (SSSR count). The van der Waals surface area contributed by atoms with Gasteiger partial charge in [0.25, 0.3) is 0 Å². The van der Waals surface area contributed by atoms with Gasteiger partial charge >= 0.3 is 0 Å². The van der Waals surface area contributed by atoms with E-state index in [0.29, 0.717) is 11.1 Å². The first kappa shape index (κ1) is 22.2. The minimum absolute atomic E-state index is 0.343. The summed E-state index contributed by atoms with van der Waals surface area (Å²) in [5, 5.41) is 8.99. The molecule has 5 nitrogen and oxygen atoms in total. The third-order valence-corrected chi connectivity index (χ3v) is 6.08. The highest BCUT2D eigenvalue weighted by molar-refractivity contribution is 7.99. The fourth-order valence-corrected chi connectivity index (χ4v) is 4.43. The molecule has 0 fully saturated rings. The van der Waals surface area contributed by atoms with Crippen molar-refractivity contribution < 1.29 is 8.78 Å². The Labute approximate surface area is 200 Å². The molecule has 0 unspecified atom stereocenters. The van der Waals surface area contributed by atoms with E-state index in [0.717, 1.165) is 52.5 Å². The summed E-state index contributed by atoms with van der Waals surface area (Å²) >= 11 is 1.45. The Hall–Kier alpha value is -3.65. The molecule has 0 spiro atoms. The molecule has 0 aliphatic rings. The van der Waals surface area contributed by atoms with E-state index in [9.17, 15) is 8.78 Å². The average Bonchev–Trinajstić information content (AvgIpc) is 3.46. The zero-order valence-electron chi connectivity index (χ0n) is 18.8. The Morgan fingerprint density at radius 1 is 0.853 bits per heavy atom. The predicted octanol–water partition coefficient (Wildman–Crippen LogP) is 6.91. The van der Waals surface area contributed by atoms with Crippen LogP contribution in [0.4, 0.5) is 14.5 Å². The van der Waals surface area contributed by atoms with Crippen LogP contribution in [0.1, 0.15) is 13.3 Å². The van der Waals surface area contributed by atoms with Crippen molar-refractivity contribution in [3.05, 3.63) is 85.0 Å². The zero-order chi connectivity index (χ0) is 23.7. The van der Waals surface area contributed by atoms with E-state index in [2.05, 4.69) is 27.9 Å². The minimum atomic E-state index is -0.599.